The van der Waals surface area contributed by atoms with E-state index in [1.165, 1.54) is 0 Å². The molecule has 3 rings (SSSR count). The van der Waals surface area contributed by atoms with Crippen LogP contribution in [-0.2, 0) is 4.79 Å². The van der Waals surface area contributed by atoms with Gasteiger partial charge >= 0.3 is 0 Å². The van der Waals surface area contributed by atoms with E-state index in [1.54, 1.807) is 12.1 Å². The van der Waals surface area contributed by atoms with Gasteiger partial charge in [0.25, 0.3) is 0 Å². The summed E-state index contributed by atoms with van der Waals surface area (Å²) in [5.74, 6) is -0.0320. The van der Waals surface area contributed by atoms with Crippen LogP contribution >= 0.6 is 0 Å². The van der Waals surface area contributed by atoms with Crippen molar-refractivity contribution in [1.82, 2.24) is 20.1 Å². The molecule has 1 saturated heterocycles. The molecule has 1 amide bonds. The number of nitrogens with zero attached hydrogens (tertiary/aromatic N) is 4. The van der Waals surface area contributed by atoms with Crippen LogP contribution in [0.3, 0.4) is 0 Å². The highest BCUT2D eigenvalue weighted by Gasteiger charge is 2.18. The van der Waals surface area contributed by atoms with Crippen molar-refractivity contribution in [3.63, 3.8) is 0 Å². The lowest BCUT2D eigenvalue weighted by Crippen LogP contribution is -2.48. The lowest BCUT2D eigenvalue weighted by molar-refractivity contribution is -0.117. The van der Waals surface area contributed by atoms with Crippen molar-refractivity contribution in [1.29, 1.82) is 0 Å². The van der Waals surface area contributed by atoms with E-state index in [0.29, 0.717) is 23.3 Å². The molecule has 0 aliphatic carbocycles. The normalized spacial score (nSPS) is 17.2. The third kappa shape index (κ3) is 3.20. The van der Waals surface area contributed by atoms with E-state index in [4.69, 9.17) is 4.63 Å². The highest BCUT2D eigenvalue weighted by molar-refractivity contribution is 5.99. The smallest absolute Gasteiger partial charge is 0.238 e. The molecule has 0 unspecified atom stereocenters. The van der Waals surface area contributed by atoms with Gasteiger partial charge in [-0.1, -0.05) is 13.0 Å². The highest BCUT2D eigenvalue weighted by atomic mass is 16.6. The summed E-state index contributed by atoms with van der Waals surface area (Å²) in [7, 11) is 0. The van der Waals surface area contributed by atoms with Gasteiger partial charge in [-0.25, -0.2) is 4.63 Å². The molecule has 7 heteroatoms. The summed E-state index contributed by atoms with van der Waals surface area (Å²) in [5, 5.41) is 10.5. The van der Waals surface area contributed by atoms with Crippen LogP contribution in [0.5, 0.6) is 0 Å². The Labute approximate surface area is 122 Å². The van der Waals surface area contributed by atoms with Crippen molar-refractivity contribution in [2.75, 3.05) is 44.6 Å². The van der Waals surface area contributed by atoms with E-state index >= 15 is 0 Å². The van der Waals surface area contributed by atoms with E-state index in [1.807, 2.05) is 6.07 Å². The highest BCUT2D eigenvalue weighted by Crippen LogP contribution is 2.19. The molecule has 0 atom stereocenters. The van der Waals surface area contributed by atoms with Gasteiger partial charge in [0.2, 0.25) is 5.91 Å². The van der Waals surface area contributed by atoms with Crippen LogP contribution in [0, 0.1) is 0 Å². The van der Waals surface area contributed by atoms with Crippen LogP contribution in [0.25, 0.3) is 11.0 Å². The van der Waals surface area contributed by atoms with Gasteiger partial charge in [-0.3, -0.25) is 9.69 Å². The summed E-state index contributed by atoms with van der Waals surface area (Å²) in [6.45, 7) is 7.53. The number of carbonyl (C=O) groups is 1. The first-order valence-corrected chi connectivity index (χ1v) is 7.22. The number of carbonyl (C=O) groups excluding carboxylic acids is 1. The average Bonchev–Trinajstić information content (AvgIpc) is 2.97. The van der Waals surface area contributed by atoms with E-state index < -0.39 is 0 Å². The second-order valence-electron chi connectivity index (χ2n) is 5.20. The molecule has 0 bridgehead atoms. The zero-order chi connectivity index (χ0) is 14.7. The Kier molecular flexibility index (Phi) is 4.12. The fraction of sp³-hybridized carbons (Fsp3) is 0.500. The minimum absolute atomic E-state index is 0.0320. The Morgan fingerprint density at radius 1 is 1.24 bits per heavy atom. The molecule has 1 aromatic heterocycles. The number of benzene rings is 1. The summed E-state index contributed by atoms with van der Waals surface area (Å²) < 4.78 is 4.69. The maximum atomic E-state index is 12.2. The van der Waals surface area contributed by atoms with Gasteiger partial charge in [-0.15, -0.1) is 0 Å². The van der Waals surface area contributed by atoms with Gasteiger partial charge in [-0.2, -0.15) is 0 Å². The van der Waals surface area contributed by atoms with E-state index in [0.717, 1.165) is 32.7 Å². The summed E-state index contributed by atoms with van der Waals surface area (Å²) in [5.41, 5.74) is 1.87. The molecule has 2 aromatic rings. The SMILES string of the molecule is CCN1CCN(CC(=O)Nc2cccc3nonc23)CC1. The first-order valence-electron chi connectivity index (χ1n) is 7.22. The fourth-order valence-corrected chi connectivity index (χ4v) is 2.56. The predicted molar refractivity (Wildman–Crippen MR) is 79.0 cm³/mol. The molecule has 1 aliphatic rings. The number of hydrogen-bond acceptors (Lipinski definition) is 6. The molecule has 112 valence electrons. The number of rotatable bonds is 4. The van der Waals surface area contributed by atoms with Gasteiger partial charge in [0.1, 0.15) is 5.52 Å². The van der Waals surface area contributed by atoms with E-state index in [9.17, 15) is 4.79 Å². The molecule has 1 fully saturated rings. The Morgan fingerprint density at radius 3 is 2.76 bits per heavy atom. The average molecular weight is 289 g/mol. The van der Waals surface area contributed by atoms with E-state index in [2.05, 4.69) is 32.4 Å². The zero-order valence-electron chi connectivity index (χ0n) is 12.1. The third-order valence-electron chi connectivity index (χ3n) is 3.84. The fourth-order valence-electron chi connectivity index (χ4n) is 2.56. The zero-order valence-corrected chi connectivity index (χ0v) is 12.1. The lowest BCUT2D eigenvalue weighted by atomic mass is 10.2. The predicted octanol–water partition coefficient (Wildman–Crippen LogP) is 0.799. The number of fused-ring (bicyclic) bond motifs is 1. The topological polar surface area (TPSA) is 74.5 Å². The van der Waals surface area contributed by atoms with Crippen LogP contribution in [0.2, 0.25) is 0 Å². The monoisotopic (exact) mass is 289 g/mol. The minimum Gasteiger partial charge on any atom is -0.323 e. The van der Waals surface area contributed by atoms with Crippen LogP contribution < -0.4 is 5.32 Å². The summed E-state index contributed by atoms with van der Waals surface area (Å²) >= 11 is 0. The molecule has 0 saturated carbocycles. The second-order valence-corrected chi connectivity index (χ2v) is 5.20. The number of hydrogen-bond donors (Lipinski definition) is 1. The van der Waals surface area contributed by atoms with Crippen molar-refractivity contribution >= 4 is 22.6 Å². The van der Waals surface area contributed by atoms with Crippen LogP contribution in [0.1, 0.15) is 6.92 Å². The third-order valence-corrected chi connectivity index (χ3v) is 3.84. The number of likely N-dealkylation sites (N-methyl/N-ethyl adjacent to an activating group) is 1. The van der Waals surface area contributed by atoms with Gasteiger partial charge in [-0.05, 0) is 29.0 Å². The van der Waals surface area contributed by atoms with Gasteiger partial charge in [0.15, 0.2) is 5.52 Å². The number of amides is 1. The quantitative estimate of drug-likeness (QED) is 0.897. The van der Waals surface area contributed by atoms with Crippen molar-refractivity contribution in [3.8, 4) is 0 Å². The van der Waals surface area contributed by atoms with Crippen LogP contribution in [0.4, 0.5) is 5.69 Å². The first kappa shape index (κ1) is 14.0. The molecule has 0 radical (unpaired) electrons. The van der Waals surface area contributed by atoms with Crippen LogP contribution in [0.15, 0.2) is 22.8 Å². The molecular weight excluding hydrogens is 270 g/mol. The standard InChI is InChI=1S/C14H19N5O2/c1-2-18-6-8-19(9-7-18)10-13(20)15-11-4-3-5-12-14(11)17-21-16-12/h3-5H,2,6-10H2,1H3,(H,15,20). The molecule has 7 nitrogen and oxygen atoms in total. The van der Waals surface area contributed by atoms with E-state index in [-0.39, 0.29) is 5.91 Å². The van der Waals surface area contributed by atoms with Gasteiger partial charge in [0, 0.05) is 26.2 Å². The van der Waals surface area contributed by atoms with Gasteiger partial charge < -0.3 is 10.2 Å². The molecule has 2 heterocycles. The Balaban J connectivity index is 1.58. The maximum absolute atomic E-state index is 12.2. The molecular formula is C14H19N5O2. The second kappa shape index (κ2) is 6.19. The number of aromatic nitrogens is 2. The van der Waals surface area contributed by atoms with Crippen molar-refractivity contribution in [2.24, 2.45) is 0 Å². The molecule has 1 aromatic carbocycles. The Morgan fingerprint density at radius 2 is 2.00 bits per heavy atom. The summed E-state index contributed by atoms with van der Waals surface area (Å²) in [6.07, 6.45) is 0. The number of anilines is 1. The molecule has 0 spiro atoms. The van der Waals surface area contributed by atoms with Crippen molar-refractivity contribution < 1.29 is 9.42 Å². The maximum Gasteiger partial charge on any atom is 0.238 e. The van der Waals surface area contributed by atoms with Crippen molar-refractivity contribution in [3.05, 3.63) is 18.2 Å². The molecule has 1 aliphatic heterocycles. The van der Waals surface area contributed by atoms with Gasteiger partial charge in [0.05, 0.1) is 12.2 Å². The first-order chi connectivity index (χ1) is 10.3. The Hall–Kier alpha value is -1.99. The minimum atomic E-state index is -0.0320. The number of nitrogens with one attached hydrogen (secondary N) is 1. The number of piperazine rings is 1. The molecule has 21 heavy (non-hydrogen) atoms. The largest absolute Gasteiger partial charge is 0.323 e. The lowest BCUT2D eigenvalue weighted by Gasteiger charge is -2.33. The van der Waals surface area contributed by atoms with Crippen LogP contribution in [-0.4, -0.2) is 65.3 Å². The summed E-state index contributed by atoms with van der Waals surface area (Å²) in [4.78, 5) is 16.7. The summed E-state index contributed by atoms with van der Waals surface area (Å²) in [6, 6.07) is 5.42. The van der Waals surface area contributed by atoms with Crippen molar-refractivity contribution in [2.45, 2.75) is 6.92 Å². The Bertz CT molecular complexity index is 619. The molecule has 1 N–H and O–H groups in total.